The molecule has 1 aromatic heterocycles. The van der Waals surface area contributed by atoms with Gasteiger partial charge in [0.25, 0.3) is 5.56 Å². The molecule has 0 bridgehead atoms. The lowest BCUT2D eigenvalue weighted by Crippen LogP contribution is -2.36. The number of nitrogens with zero attached hydrogens (tertiary/aromatic N) is 1. The zero-order chi connectivity index (χ0) is 21.4. The highest BCUT2D eigenvalue weighted by Crippen LogP contribution is 2.35. The van der Waals surface area contributed by atoms with Gasteiger partial charge in [-0.25, -0.2) is 0 Å². The second kappa shape index (κ2) is 7.48. The smallest absolute Gasteiger partial charge is 0.258 e. The number of anilines is 4. The fourth-order valence-corrected chi connectivity index (χ4v) is 3.52. The molecule has 2 amide bonds. The number of para-hydroxylation sites is 1. The number of carbonyl (C=O) groups excluding carboxylic acids is 2. The van der Waals surface area contributed by atoms with Crippen LogP contribution in [0.25, 0.3) is 0 Å². The Morgan fingerprint density at radius 2 is 1.84 bits per heavy atom. The van der Waals surface area contributed by atoms with Crippen LogP contribution < -0.4 is 31.0 Å². The normalized spacial score (nSPS) is 16.3. The van der Waals surface area contributed by atoms with Gasteiger partial charge in [0.15, 0.2) is 11.5 Å². The van der Waals surface area contributed by atoms with Gasteiger partial charge in [0, 0.05) is 23.9 Å². The number of aromatic nitrogens is 2. The molecule has 2 aliphatic heterocycles. The molecule has 1 unspecified atom stereocenters. The number of ether oxygens (including phenoxy) is 2. The van der Waals surface area contributed by atoms with Gasteiger partial charge in [-0.2, -0.15) is 4.98 Å². The van der Waals surface area contributed by atoms with Gasteiger partial charge >= 0.3 is 0 Å². The molecule has 156 valence electrons. The lowest BCUT2D eigenvalue weighted by molar-refractivity contribution is -0.123. The molecule has 2 aliphatic rings. The van der Waals surface area contributed by atoms with Crippen LogP contribution in [0.15, 0.2) is 53.3 Å². The summed E-state index contributed by atoms with van der Waals surface area (Å²) in [4.78, 5) is 44.9. The molecular weight excluding hydrogens is 402 g/mol. The molecule has 1 atom stereocenters. The number of aromatic amines is 1. The lowest BCUT2D eigenvalue weighted by Gasteiger charge is -2.23. The van der Waals surface area contributed by atoms with Crippen LogP contribution in [0.4, 0.5) is 23.1 Å². The molecule has 4 N–H and O–H groups in total. The highest BCUT2D eigenvalue weighted by Gasteiger charge is 2.35. The minimum atomic E-state index is -0.990. The highest BCUT2D eigenvalue weighted by atomic mass is 16.7. The van der Waals surface area contributed by atoms with E-state index in [-0.39, 0.29) is 30.5 Å². The van der Waals surface area contributed by atoms with Gasteiger partial charge in [0.05, 0.1) is 11.5 Å². The van der Waals surface area contributed by atoms with Crippen LogP contribution in [0.3, 0.4) is 0 Å². The quantitative estimate of drug-likeness (QED) is 0.510. The van der Waals surface area contributed by atoms with Gasteiger partial charge in [0.2, 0.25) is 24.6 Å². The predicted octanol–water partition coefficient (Wildman–Crippen LogP) is 2.31. The van der Waals surface area contributed by atoms with Gasteiger partial charge in [0.1, 0.15) is 5.82 Å². The van der Waals surface area contributed by atoms with Crippen LogP contribution in [-0.2, 0) is 9.59 Å². The number of benzene rings is 2. The SMILES string of the molecule is O=C1CC(C(=O)Nc2ccc3c(c2)OCO3)c2c(nc(Nc3ccccc3)[nH]c2=O)N1. The van der Waals surface area contributed by atoms with Crippen LogP contribution >= 0.6 is 0 Å². The third-order valence-corrected chi connectivity index (χ3v) is 4.94. The van der Waals surface area contributed by atoms with E-state index in [2.05, 4.69) is 25.9 Å². The molecule has 0 aliphatic carbocycles. The number of H-pyrrole nitrogens is 1. The minimum absolute atomic E-state index is 0.0595. The van der Waals surface area contributed by atoms with E-state index < -0.39 is 23.3 Å². The van der Waals surface area contributed by atoms with Gasteiger partial charge in [-0.3, -0.25) is 19.4 Å². The summed E-state index contributed by atoms with van der Waals surface area (Å²) in [5, 5.41) is 8.29. The summed E-state index contributed by atoms with van der Waals surface area (Å²) in [6, 6.07) is 14.1. The van der Waals surface area contributed by atoms with E-state index in [0.717, 1.165) is 0 Å². The van der Waals surface area contributed by atoms with Crippen molar-refractivity contribution in [3.8, 4) is 11.5 Å². The molecule has 31 heavy (non-hydrogen) atoms. The second-order valence-corrected chi connectivity index (χ2v) is 7.03. The molecule has 0 spiro atoms. The summed E-state index contributed by atoms with van der Waals surface area (Å²) in [7, 11) is 0. The van der Waals surface area contributed by atoms with E-state index in [4.69, 9.17) is 9.47 Å². The second-order valence-electron chi connectivity index (χ2n) is 7.03. The Bertz CT molecular complexity index is 1240. The molecule has 0 saturated carbocycles. The average Bonchev–Trinajstić information content (AvgIpc) is 3.21. The number of hydrogen-bond acceptors (Lipinski definition) is 7. The molecule has 0 saturated heterocycles. The Kier molecular flexibility index (Phi) is 4.51. The van der Waals surface area contributed by atoms with Crippen LogP contribution in [0.2, 0.25) is 0 Å². The van der Waals surface area contributed by atoms with Crippen LogP contribution in [-0.4, -0.2) is 28.6 Å². The fraction of sp³-hybridized carbons (Fsp3) is 0.143. The molecule has 3 aromatic rings. The molecular formula is C21H17N5O5. The summed E-state index contributed by atoms with van der Waals surface area (Å²) < 4.78 is 10.6. The number of rotatable bonds is 4. The Labute approximate surface area is 175 Å². The molecule has 0 radical (unpaired) electrons. The maximum atomic E-state index is 12.9. The first kappa shape index (κ1) is 18.7. The van der Waals surface area contributed by atoms with E-state index >= 15 is 0 Å². The first-order valence-corrected chi connectivity index (χ1v) is 9.53. The third kappa shape index (κ3) is 3.66. The molecule has 2 aromatic carbocycles. The van der Waals surface area contributed by atoms with Crippen molar-refractivity contribution in [3.05, 3.63) is 64.4 Å². The van der Waals surface area contributed by atoms with Crippen molar-refractivity contribution in [1.29, 1.82) is 0 Å². The monoisotopic (exact) mass is 419 g/mol. The van der Waals surface area contributed by atoms with E-state index in [1.54, 1.807) is 30.3 Å². The summed E-state index contributed by atoms with van der Waals surface area (Å²) in [5.41, 5.74) is 0.782. The predicted molar refractivity (Wildman–Crippen MR) is 112 cm³/mol. The zero-order valence-corrected chi connectivity index (χ0v) is 16.1. The summed E-state index contributed by atoms with van der Waals surface area (Å²) >= 11 is 0. The standard InChI is InChI=1S/C21H17N5O5/c27-16-9-13(19(28)22-12-6-7-14-15(8-12)31-10-30-14)17-18(24-16)25-21(26-20(17)29)23-11-4-2-1-3-5-11/h1-8,13H,9-10H2,(H,22,28)(H3,23,24,25,26,27,29). The topological polar surface area (TPSA) is 134 Å². The van der Waals surface area contributed by atoms with Gasteiger partial charge < -0.3 is 25.4 Å². The van der Waals surface area contributed by atoms with Crippen molar-refractivity contribution >= 4 is 35.0 Å². The number of amides is 2. The molecule has 5 rings (SSSR count). The van der Waals surface area contributed by atoms with E-state index in [9.17, 15) is 14.4 Å². The number of fused-ring (bicyclic) bond motifs is 2. The fourth-order valence-electron chi connectivity index (χ4n) is 3.52. The Balaban J connectivity index is 1.43. The van der Waals surface area contributed by atoms with Crippen LogP contribution in [0, 0.1) is 0 Å². The minimum Gasteiger partial charge on any atom is -0.454 e. The zero-order valence-electron chi connectivity index (χ0n) is 16.1. The van der Waals surface area contributed by atoms with Crippen molar-refractivity contribution in [2.24, 2.45) is 0 Å². The summed E-state index contributed by atoms with van der Waals surface area (Å²) in [6.45, 7) is 0.114. The number of nitrogens with one attached hydrogen (secondary N) is 4. The van der Waals surface area contributed by atoms with E-state index in [1.165, 1.54) is 0 Å². The third-order valence-electron chi connectivity index (χ3n) is 4.94. The van der Waals surface area contributed by atoms with Crippen molar-refractivity contribution in [2.75, 3.05) is 22.7 Å². The lowest BCUT2D eigenvalue weighted by atomic mass is 9.92. The molecule has 10 heteroatoms. The van der Waals surface area contributed by atoms with Crippen LogP contribution in [0.1, 0.15) is 17.9 Å². The van der Waals surface area contributed by atoms with E-state index in [1.807, 2.05) is 18.2 Å². The van der Waals surface area contributed by atoms with Crippen molar-refractivity contribution in [3.63, 3.8) is 0 Å². The van der Waals surface area contributed by atoms with Crippen LogP contribution in [0.5, 0.6) is 11.5 Å². The molecule has 3 heterocycles. The van der Waals surface area contributed by atoms with Crippen molar-refractivity contribution in [1.82, 2.24) is 9.97 Å². The maximum absolute atomic E-state index is 12.9. The first-order valence-electron chi connectivity index (χ1n) is 9.53. The largest absolute Gasteiger partial charge is 0.454 e. The highest BCUT2D eigenvalue weighted by molar-refractivity contribution is 6.04. The van der Waals surface area contributed by atoms with Crippen molar-refractivity contribution in [2.45, 2.75) is 12.3 Å². The van der Waals surface area contributed by atoms with Gasteiger partial charge in [-0.15, -0.1) is 0 Å². The average molecular weight is 419 g/mol. The Morgan fingerprint density at radius 3 is 2.68 bits per heavy atom. The van der Waals surface area contributed by atoms with Gasteiger partial charge in [-0.1, -0.05) is 18.2 Å². The summed E-state index contributed by atoms with van der Waals surface area (Å²) in [5.74, 6) is -0.573. The molecule has 10 nitrogen and oxygen atoms in total. The number of carbonyl (C=O) groups is 2. The maximum Gasteiger partial charge on any atom is 0.258 e. The van der Waals surface area contributed by atoms with Gasteiger partial charge in [-0.05, 0) is 24.3 Å². The Morgan fingerprint density at radius 1 is 1.03 bits per heavy atom. The first-order chi connectivity index (χ1) is 15.1. The Hall–Kier alpha value is -4.34. The molecule has 0 fully saturated rings. The van der Waals surface area contributed by atoms with E-state index in [0.29, 0.717) is 22.9 Å². The summed E-state index contributed by atoms with van der Waals surface area (Å²) in [6.07, 6.45) is -0.167. The number of hydrogen-bond donors (Lipinski definition) is 4. The van der Waals surface area contributed by atoms with Crippen molar-refractivity contribution < 1.29 is 19.1 Å².